The molecule has 18 heavy (non-hydrogen) atoms. The minimum atomic E-state index is -0.745. The van der Waals surface area contributed by atoms with Crippen LogP contribution in [0.3, 0.4) is 0 Å². The summed E-state index contributed by atoms with van der Waals surface area (Å²) >= 11 is 0. The first-order valence-corrected chi connectivity index (χ1v) is 5.94. The van der Waals surface area contributed by atoms with Gasteiger partial charge in [0.1, 0.15) is 0 Å². The van der Waals surface area contributed by atoms with Gasteiger partial charge < -0.3 is 15.7 Å². The summed E-state index contributed by atoms with van der Waals surface area (Å²) in [5.41, 5.74) is 6.98. The number of fused-ring (bicyclic) bond motifs is 1. The lowest BCUT2D eigenvalue weighted by molar-refractivity contribution is 0.0887. The minimum Gasteiger partial charge on any atom is -0.398 e. The molecule has 0 aliphatic carbocycles. The Kier molecular flexibility index (Phi) is 3.13. The van der Waals surface area contributed by atoms with Crippen LogP contribution in [0.5, 0.6) is 0 Å². The molecule has 0 spiro atoms. The average Bonchev–Trinajstić information content (AvgIpc) is 2.27. The predicted octanol–water partition coefficient (Wildman–Crippen LogP) is 2.02. The highest BCUT2D eigenvalue weighted by atomic mass is 16.3. The Hall–Kier alpha value is -1.81. The predicted molar refractivity (Wildman–Crippen MR) is 75.7 cm³/mol. The largest absolute Gasteiger partial charge is 0.398 e. The number of hydrogen-bond acceptors (Lipinski definition) is 4. The summed E-state index contributed by atoms with van der Waals surface area (Å²) in [4.78, 5) is 6.17. The first kappa shape index (κ1) is 12.6. The lowest BCUT2D eigenvalue weighted by Crippen LogP contribution is -2.36. The van der Waals surface area contributed by atoms with E-state index < -0.39 is 5.60 Å². The van der Waals surface area contributed by atoms with Gasteiger partial charge in [0.15, 0.2) is 0 Å². The molecular weight excluding hydrogens is 226 g/mol. The molecule has 0 unspecified atom stereocenters. The molecule has 0 saturated heterocycles. The molecule has 0 aliphatic rings. The second-order valence-electron chi connectivity index (χ2n) is 5.26. The number of nitrogens with two attached hydrogens (primary N) is 1. The minimum absolute atomic E-state index is 0.543. The van der Waals surface area contributed by atoms with Crippen LogP contribution >= 0.6 is 0 Å². The number of benzene rings is 1. The van der Waals surface area contributed by atoms with Crippen LogP contribution in [0.4, 0.5) is 11.4 Å². The van der Waals surface area contributed by atoms with E-state index in [9.17, 15) is 5.11 Å². The summed E-state index contributed by atoms with van der Waals surface area (Å²) in [7, 11) is 1.95. The van der Waals surface area contributed by atoms with Crippen LogP contribution in [0.1, 0.15) is 13.8 Å². The van der Waals surface area contributed by atoms with Gasteiger partial charge in [0.2, 0.25) is 0 Å². The zero-order chi connectivity index (χ0) is 13.3. The molecule has 0 amide bonds. The van der Waals surface area contributed by atoms with Crippen molar-refractivity contribution in [3.63, 3.8) is 0 Å². The van der Waals surface area contributed by atoms with Crippen molar-refractivity contribution in [1.82, 2.24) is 4.98 Å². The highest BCUT2D eigenvalue weighted by molar-refractivity contribution is 6.00. The number of aromatic nitrogens is 1. The molecule has 4 heteroatoms. The number of anilines is 2. The van der Waals surface area contributed by atoms with Gasteiger partial charge in [-0.2, -0.15) is 0 Å². The van der Waals surface area contributed by atoms with Crippen molar-refractivity contribution in [3.05, 3.63) is 30.6 Å². The van der Waals surface area contributed by atoms with E-state index in [-0.39, 0.29) is 0 Å². The number of nitrogen functional groups attached to an aromatic ring is 1. The van der Waals surface area contributed by atoms with Gasteiger partial charge in [0.05, 0.1) is 5.60 Å². The monoisotopic (exact) mass is 245 g/mol. The van der Waals surface area contributed by atoms with E-state index in [4.69, 9.17) is 5.73 Å². The fourth-order valence-electron chi connectivity index (χ4n) is 2.20. The van der Waals surface area contributed by atoms with Crippen LogP contribution in [0.15, 0.2) is 30.6 Å². The molecule has 0 aliphatic heterocycles. The van der Waals surface area contributed by atoms with Crippen molar-refractivity contribution in [2.45, 2.75) is 19.4 Å². The van der Waals surface area contributed by atoms with Gasteiger partial charge in [-0.15, -0.1) is 0 Å². The van der Waals surface area contributed by atoms with E-state index in [1.807, 2.05) is 36.3 Å². The molecule has 1 aromatic carbocycles. The van der Waals surface area contributed by atoms with Gasteiger partial charge >= 0.3 is 0 Å². The smallest absolute Gasteiger partial charge is 0.0765 e. The molecule has 0 saturated carbocycles. The normalized spacial score (nSPS) is 11.8. The Labute approximate surface area is 107 Å². The standard InChI is InChI=1S/C14H19N3O/c1-14(2,18)9-17(3)13-5-4-12(15)10-6-7-16-8-11(10)13/h4-8,18H,9,15H2,1-3H3. The van der Waals surface area contributed by atoms with E-state index in [0.717, 1.165) is 22.1 Å². The Balaban J connectivity index is 2.49. The van der Waals surface area contributed by atoms with E-state index in [1.165, 1.54) is 0 Å². The van der Waals surface area contributed by atoms with E-state index in [2.05, 4.69) is 4.98 Å². The van der Waals surface area contributed by atoms with Gasteiger partial charge in [0, 0.05) is 48.1 Å². The van der Waals surface area contributed by atoms with Crippen molar-refractivity contribution in [3.8, 4) is 0 Å². The zero-order valence-corrected chi connectivity index (χ0v) is 11.0. The molecule has 4 nitrogen and oxygen atoms in total. The molecule has 3 N–H and O–H groups in total. The van der Waals surface area contributed by atoms with Crippen LogP contribution in [-0.4, -0.2) is 29.3 Å². The maximum Gasteiger partial charge on any atom is 0.0765 e. The third-order valence-corrected chi connectivity index (χ3v) is 2.86. The maximum atomic E-state index is 9.89. The number of rotatable bonds is 3. The summed E-state index contributed by atoms with van der Waals surface area (Å²) in [6, 6.07) is 5.76. The Morgan fingerprint density at radius 3 is 2.67 bits per heavy atom. The van der Waals surface area contributed by atoms with Gasteiger partial charge in [-0.1, -0.05) is 0 Å². The molecule has 0 radical (unpaired) electrons. The number of aliphatic hydroxyl groups is 1. The lowest BCUT2D eigenvalue weighted by atomic mass is 10.1. The van der Waals surface area contributed by atoms with Crippen molar-refractivity contribution in [2.24, 2.45) is 0 Å². The van der Waals surface area contributed by atoms with Crippen molar-refractivity contribution < 1.29 is 5.11 Å². The zero-order valence-electron chi connectivity index (χ0n) is 11.0. The van der Waals surface area contributed by atoms with Crippen LogP contribution < -0.4 is 10.6 Å². The molecule has 96 valence electrons. The first-order valence-electron chi connectivity index (χ1n) is 5.94. The summed E-state index contributed by atoms with van der Waals surface area (Å²) in [6.07, 6.45) is 3.54. The summed E-state index contributed by atoms with van der Waals surface area (Å²) in [5.74, 6) is 0. The van der Waals surface area contributed by atoms with E-state index in [1.54, 1.807) is 20.0 Å². The molecule has 2 rings (SSSR count). The van der Waals surface area contributed by atoms with E-state index in [0.29, 0.717) is 6.54 Å². The highest BCUT2D eigenvalue weighted by Crippen LogP contribution is 2.30. The van der Waals surface area contributed by atoms with Gasteiger partial charge in [-0.3, -0.25) is 4.98 Å². The lowest BCUT2D eigenvalue weighted by Gasteiger charge is -2.28. The maximum absolute atomic E-state index is 9.89. The summed E-state index contributed by atoms with van der Waals surface area (Å²) in [5, 5.41) is 11.9. The Morgan fingerprint density at radius 1 is 1.28 bits per heavy atom. The first-order chi connectivity index (χ1) is 8.38. The number of hydrogen-bond donors (Lipinski definition) is 2. The fourth-order valence-corrected chi connectivity index (χ4v) is 2.20. The van der Waals surface area contributed by atoms with E-state index >= 15 is 0 Å². The average molecular weight is 245 g/mol. The van der Waals surface area contributed by atoms with Crippen molar-refractivity contribution in [2.75, 3.05) is 24.2 Å². The van der Waals surface area contributed by atoms with Gasteiger partial charge in [-0.05, 0) is 32.0 Å². The molecule has 0 fully saturated rings. The SMILES string of the molecule is CN(CC(C)(C)O)c1ccc(N)c2ccncc12. The van der Waals surface area contributed by atoms with Crippen LogP contribution in [0.2, 0.25) is 0 Å². The van der Waals surface area contributed by atoms with Crippen LogP contribution in [0.25, 0.3) is 10.8 Å². The Morgan fingerprint density at radius 2 is 2.00 bits per heavy atom. The topological polar surface area (TPSA) is 62.4 Å². The molecule has 0 bridgehead atoms. The number of likely N-dealkylation sites (N-methyl/N-ethyl adjacent to an activating group) is 1. The quantitative estimate of drug-likeness (QED) is 0.812. The second kappa shape index (κ2) is 4.46. The molecule has 0 atom stereocenters. The Bertz CT molecular complexity index is 560. The fraction of sp³-hybridized carbons (Fsp3) is 0.357. The van der Waals surface area contributed by atoms with Crippen LogP contribution in [-0.2, 0) is 0 Å². The van der Waals surface area contributed by atoms with Gasteiger partial charge in [-0.25, -0.2) is 0 Å². The molecular formula is C14H19N3O. The highest BCUT2D eigenvalue weighted by Gasteiger charge is 2.17. The summed E-state index contributed by atoms with van der Waals surface area (Å²) in [6.45, 7) is 4.13. The second-order valence-corrected chi connectivity index (χ2v) is 5.26. The summed E-state index contributed by atoms with van der Waals surface area (Å²) < 4.78 is 0. The number of pyridine rings is 1. The molecule has 1 aromatic heterocycles. The van der Waals surface area contributed by atoms with Crippen molar-refractivity contribution >= 4 is 22.1 Å². The number of nitrogens with zero attached hydrogens (tertiary/aromatic N) is 2. The van der Waals surface area contributed by atoms with Crippen LogP contribution in [0, 0.1) is 0 Å². The third kappa shape index (κ3) is 2.54. The molecule has 1 heterocycles. The van der Waals surface area contributed by atoms with Gasteiger partial charge in [0.25, 0.3) is 0 Å². The third-order valence-electron chi connectivity index (χ3n) is 2.86. The van der Waals surface area contributed by atoms with Crippen molar-refractivity contribution in [1.29, 1.82) is 0 Å². The molecule has 2 aromatic rings.